The van der Waals surface area contributed by atoms with Crippen LogP contribution in [0.25, 0.3) is 0 Å². The zero-order valence-electron chi connectivity index (χ0n) is 8.47. The Balaban J connectivity index is 2.84. The van der Waals surface area contributed by atoms with E-state index in [4.69, 9.17) is 5.11 Å². The maximum absolute atomic E-state index is 11.0. The standard InChI is InChI=1S/C11H15NO2/c1-8(2)7-10(11(13)14)9-3-5-12-6-4-9/h3-6,8,10H,7H2,1-2H3,(H,13,14)/t10-/m1/s1. The Bertz CT molecular complexity index is 295. The third-order valence-electron chi connectivity index (χ3n) is 2.11. The van der Waals surface area contributed by atoms with Crippen molar-refractivity contribution in [2.75, 3.05) is 0 Å². The quantitative estimate of drug-likeness (QED) is 0.798. The van der Waals surface area contributed by atoms with E-state index in [1.807, 2.05) is 13.8 Å². The largest absolute Gasteiger partial charge is 0.481 e. The Kier molecular flexibility index (Phi) is 3.63. The van der Waals surface area contributed by atoms with Crippen LogP contribution >= 0.6 is 0 Å². The molecule has 0 fully saturated rings. The van der Waals surface area contributed by atoms with E-state index in [1.165, 1.54) is 0 Å². The van der Waals surface area contributed by atoms with Crippen molar-refractivity contribution in [1.82, 2.24) is 4.98 Å². The summed E-state index contributed by atoms with van der Waals surface area (Å²) in [6, 6.07) is 3.53. The highest BCUT2D eigenvalue weighted by Gasteiger charge is 2.20. The molecule has 1 aromatic heterocycles. The topological polar surface area (TPSA) is 50.2 Å². The van der Waals surface area contributed by atoms with Gasteiger partial charge in [-0.1, -0.05) is 13.8 Å². The third-order valence-corrected chi connectivity index (χ3v) is 2.11. The Morgan fingerprint density at radius 2 is 2.00 bits per heavy atom. The lowest BCUT2D eigenvalue weighted by atomic mass is 9.91. The second-order valence-corrected chi connectivity index (χ2v) is 3.80. The molecule has 76 valence electrons. The van der Waals surface area contributed by atoms with E-state index in [0.717, 1.165) is 5.56 Å². The fourth-order valence-electron chi connectivity index (χ4n) is 1.45. The number of carboxylic acids is 1. The lowest BCUT2D eigenvalue weighted by molar-refractivity contribution is -0.139. The van der Waals surface area contributed by atoms with Gasteiger partial charge in [-0.05, 0) is 30.0 Å². The molecule has 0 amide bonds. The van der Waals surface area contributed by atoms with Crippen molar-refractivity contribution in [2.24, 2.45) is 5.92 Å². The number of hydrogen-bond acceptors (Lipinski definition) is 2. The van der Waals surface area contributed by atoms with Crippen LogP contribution in [0.5, 0.6) is 0 Å². The van der Waals surface area contributed by atoms with Crippen LogP contribution in [0.2, 0.25) is 0 Å². The van der Waals surface area contributed by atoms with Gasteiger partial charge in [0.1, 0.15) is 0 Å². The van der Waals surface area contributed by atoms with Crippen LogP contribution in [0, 0.1) is 5.92 Å². The molecule has 1 N–H and O–H groups in total. The van der Waals surface area contributed by atoms with Crippen LogP contribution in [0.3, 0.4) is 0 Å². The number of aromatic nitrogens is 1. The molecule has 0 bridgehead atoms. The molecule has 1 atom stereocenters. The van der Waals surface area contributed by atoms with Gasteiger partial charge in [-0.15, -0.1) is 0 Å². The summed E-state index contributed by atoms with van der Waals surface area (Å²) in [6.45, 7) is 4.05. The number of rotatable bonds is 4. The molecule has 1 aromatic rings. The van der Waals surface area contributed by atoms with Gasteiger partial charge >= 0.3 is 5.97 Å². The second kappa shape index (κ2) is 4.74. The fourth-order valence-corrected chi connectivity index (χ4v) is 1.45. The molecule has 0 saturated heterocycles. The number of aliphatic carboxylic acids is 1. The van der Waals surface area contributed by atoms with Crippen LogP contribution in [-0.4, -0.2) is 16.1 Å². The normalized spacial score (nSPS) is 12.8. The second-order valence-electron chi connectivity index (χ2n) is 3.80. The molecule has 0 aliphatic carbocycles. The first-order valence-electron chi connectivity index (χ1n) is 4.74. The van der Waals surface area contributed by atoms with Crippen molar-refractivity contribution in [2.45, 2.75) is 26.2 Å². The first-order chi connectivity index (χ1) is 6.61. The first-order valence-corrected chi connectivity index (χ1v) is 4.74. The van der Waals surface area contributed by atoms with Crippen LogP contribution in [-0.2, 0) is 4.79 Å². The number of hydrogen-bond donors (Lipinski definition) is 1. The molecule has 3 heteroatoms. The van der Waals surface area contributed by atoms with Crippen LogP contribution in [0.4, 0.5) is 0 Å². The SMILES string of the molecule is CC(C)C[C@@H](C(=O)O)c1ccncc1. The van der Waals surface area contributed by atoms with E-state index in [-0.39, 0.29) is 0 Å². The number of carboxylic acid groups (broad SMARTS) is 1. The molecule has 14 heavy (non-hydrogen) atoms. The number of nitrogens with zero attached hydrogens (tertiary/aromatic N) is 1. The van der Waals surface area contributed by atoms with Gasteiger partial charge in [0.15, 0.2) is 0 Å². The highest BCUT2D eigenvalue weighted by molar-refractivity contribution is 5.75. The molecule has 0 aliphatic rings. The predicted molar refractivity (Wildman–Crippen MR) is 54.1 cm³/mol. The average molecular weight is 193 g/mol. The maximum atomic E-state index is 11.0. The minimum absolute atomic E-state index is 0.379. The Labute approximate surface area is 83.8 Å². The number of carbonyl (C=O) groups is 1. The highest BCUT2D eigenvalue weighted by Crippen LogP contribution is 2.23. The van der Waals surface area contributed by atoms with Gasteiger partial charge in [0.25, 0.3) is 0 Å². The summed E-state index contributed by atoms with van der Waals surface area (Å²) in [5, 5.41) is 9.06. The van der Waals surface area contributed by atoms with E-state index >= 15 is 0 Å². The molecule has 1 heterocycles. The summed E-state index contributed by atoms with van der Waals surface area (Å²) in [5.74, 6) is -0.785. The fraction of sp³-hybridized carbons (Fsp3) is 0.455. The summed E-state index contributed by atoms with van der Waals surface area (Å²) in [6.07, 6.45) is 3.93. The molecule has 0 spiro atoms. The van der Waals surface area contributed by atoms with Crippen molar-refractivity contribution < 1.29 is 9.90 Å². The number of pyridine rings is 1. The summed E-state index contributed by atoms with van der Waals surface area (Å²) in [4.78, 5) is 14.9. The van der Waals surface area contributed by atoms with Gasteiger partial charge in [-0.25, -0.2) is 0 Å². The molecular formula is C11H15NO2. The van der Waals surface area contributed by atoms with Crippen LogP contribution in [0.1, 0.15) is 31.7 Å². The van der Waals surface area contributed by atoms with E-state index in [0.29, 0.717) is 12.3 Å². The minimum atomic E-state index is -0.759. The zero-order chi connectivity index (χ0) is 10.6. The Morgan fingerprint density at radius 3 is 2.43 bits per heavy atom. The maximum Gasteiger partial charge on any atom is 0.310 e. The van der Waals surface area contributed by atoms with Gasteiger partial charge in [0, 0.05) is 12.4 Å². The van der Waals surface area contributed by atoms with Gasteiger partial charge in [0.2, 0.25) is 0 Å². The van der Waals surface area contributed by atoms with E-state index in [2.05, 4.69) is 4.98 Å². The zero-order valence-corrected chi connectivity index (χ0v) is 8.47. The van der Waals surface area contributed by atoms with Gasteiger partial charge in [-0.2, -0.15) is 0 Å². The van der Waals surface area contributed by atoms with Gasteiger partial charge in [-0.3, -0.25) is 9.78 Å². The first kappa shape index (κ1) is 10.7. The third kappa shape index (κ3) is 2.83. The predicted octanol–water partition coefficient (Wildman–Crippen LogP) is 2.30. The molecule has 0 aromatic carbocycles. The van der Waals surface area contributed by atoms with Crippen molar-refractivity contribution in [3.63, 3.8) is 0 Å². The lowest BCUT2D eigenvalue weighted by Gasteiger charge is -2.14. The van der Waals surface area contributed by atoms with Crippen molar-refractivity contribution >= 4 is 5.97 Å². The Hall–Kier alpha value is -1.38. The lowest BCUT2D eigenvalue weighted by Crippen LogP contribution is -2.13. The minimum Gasteiger partial charge on any atom is -0.481 e. The van der Waals surface area contributed by atoms with E-state index < -0.39 is 11.9 Å². The van der Waals surface area contributed by atoms with Crippen molar-refractivity contribution in [3.8, 4) is 0 Å². The van der Waals surface area contributed by atoms with Crippen LogP contribution < -0.4 is 0 Å². The molecule has 0 aliphatic heterocycles. The van der Waals surface area contributed by atoms with Crippen molar-refractivity contribution in [1.29, 1.82) is 0 Å². The van der Waals surface area contributed by atoms with E-state index in [1.54, 1.807) is 24.5 Å². The summed E-state index contributed by atoms with van der Waals surface area (Å²) >= 11 is 0. The summed E-state index contributed by atoms with van der Waals surface area (Å²) < 4.78 is 0. The van der Waals surface area contributed by atoms with E-state index in [9.17, 15) is 4.79 Å². The Morgan fingerprint density at radius 1 is 1.43 bits per heavy atom. The molecule has 0 saturated carbocycles. The van der Waals surface area contributed by atoms with Gasteiger partial charge < -0.3 is 5.11 Å². The summed E-state index contributed by atoms with van der Waals surface area (Å²) in [5.41, 5.74) is 0.834. The molecule has 3 nitrogen and oxygen atoms in total. The van der Waals surface area contributed by atoms with Crippen LogP contribution in [0.15, 0.2) is 24.5 Å². The molecular weight excluding hydrogens is 178 g/mol. The smallest absolute Gasteiger partial charge is 0.310 e. The molecule has 0 radical (unpaired) electrons. The molecule has 1 rings (SSSR count). The van der Waals surface area contributed by atoms with Gasteiger partial charge in [0.05, 0.1) is 5.92 Å². The van der Waals surface area contributed by atoms with Crippen molar-refractivity contribution in [3.05, 3.63) is 30.1 Å². The monoisotopic (exact) mass is 193 g/mol. The molecule has 0 unspecified atom stereocenters. The average Bonchev–Trinajstić information content (AvgIpc) is 2.15. The highest BCUT2D eigenvalue weighted by atomic mass is 16.4. The summed E-state index contributed by atoms with van der Waals surface area (Å²) in [7, 11) is 0.